The standard InChI is InChI=1S/C14H20N2O3/c1-16(11-4-2-3-5-12(11)17)14(19)9-6-7-10(15)13(18)8-9/h6-8,11-12,17-18H,2-5,15H2,1H3. The number of hydrogen-bond acceptors (Lipinski definition) is 4. The number of nitrogens with zero attached hydrogens (tertiary/aromatic N) is 1. The molecule has 2 atom stereocenters. The first-order valence-electron chi connectivity index (χ1n) is 6.54. The van der Waals surface area contributed by atoms with Gasteiger partial charge in [-0.1, -0.05) is 12.8 Å². The molecule has 0 heterocycles. The number of likely N-dealkylation sites (N-methyl/N-ethyl adjacent to an activating group) is 1. The summed E-state index contributed by atoms with van der Waals surface area (Å²) in [6.45, 7) is 0. The molecule has 5 nitrogen and oxygen atoms in total. The monoisotopic (exact) mass is 264 g/mol. The van der Waals surface area contributed by atoms with Crippen molar-refractivity contribution >= 4 is 11.6 Å². The van der Waals surface area contributed by atoms with Crippen molar-refractivity contribution in [3.63, 3.8) is 0 Å². The van der Waals surface area contributed by atoms with Crippen molar-refractivity contribution < 1.29 is 15.0 Å². The van der Waals surface area contributed by atoms with Crippen molar-refractivity contribution in [3.8, 4) is 5.75 Å². The molecule has 0 radical (unpaired) electrons. The predicted octanol–water partition coefficient (Wildman–Crippen LogP) is 1.35. The summed E-state index contributed by atoms with van der Waals surface area (Å²) in [6.07, 6.45) is 3.10. The Morgan fingerprint density at radius 1 is 1.37 bits per heavy atom. The number of carbonyl (C=O) groups is 1. The molecule has 1 aromatic carbocycles. The normalized spacial score (nSPS) is 23.1. The lowest BCUT2D eigenvalue weighted by atomic mass is 9.91. The van der Waals surface area contributed by atoms with Gasteiger partial charge in [-0.25, -0.2) is 0 Å². The number of phenolic OH excluding ortho intramolecular Hbond substituents is 1. The third-order valence-corrected chi connectivity index (χ3v) is 3.79. The minimum absolute atomic E-state index is 0.0940. The van der Waals surface area contributed by atoms with Crippen LogP contribution in [-0.4, -0.2) is 40.2 Å². The van der Waals surface area contributed by atoms with Gasteiger partial charge in [0.25, 0.3) is 5.91 Å². The first-order valence-corrected chi connectivity index (χ1v) is 6.54. The molecule has 1 saturated carbocycles. The van der Waals surface area contributed by atoms with Gasteiger partial charge in [-0.2, -0.15) is 0 Å². The number of carbonyl (C=O) groups excluding carboxylic acids is 1. The fourth-order valence-corrected chi connectivity index (χ4v) is 2.57. The minimum Gasteiger partial charge on any atom is -0.506 e. The van der Waals surface area contributed by atoms with E-state index in [1.807, 2.05) is 0 Å². The van der Waals surface area contributed by atoms with Gasteiger partial charge in [-0.05, 0) is 31.0 Å². The van der Waals surface area contributed by atoms with E-state index >= 15 is 0 Å². The molecule has 19 heavy (non-hydrogen) atoms. The lowest BCUT2D eigenvalue weighted by Gasteiger charge is -2.35. The van der Waals surface area contributed by atoms with Crippen molar-refractivity contribution in [1.82, 2.24) is 4.90 Å². The van der Waals surface area contributed by atoms with Gasteiger partial charge in [0.05, 0.1) is 17.8 Å². The number of amides is 1. The van der Waals surface area contributed by atoms with Crippen LogP contribution in [0.5, 0.6) is 5.75 Å². The number of aromatic hydroxyl groups is 1. The topological polar surface area (TPSA) is 86.8 Å². The molecule has 2 unspecified atom stereocenters. The van der Waals surface area contributed by atoms with Crippen molar-refractivity contribution in [2.24, 2.45) is 0 Å². The molecule has 1 aliphatic carbocycles. The van der Waals surface area contributed by atoms with Gasteiger partial charge in [0.15, 0.2) is 0 Å². The SMILES string of the molecule is CN(C(=O)c1ccc(N)c(O)c1)C1CCCCC1O. The number of rotatable bonds is 2. The maximum atomic E-state index is 12.3. The molecule has 5 heteroatoms. The summed E-state index contributed by atoms with van der Waals surface area (Å²) in [7, 11) is 1.69. The van der Waals surface area contributed by atoms with Crippen LogP contribution in [0.1, 0.15) is 36.0 Å². The van der Waals surface area contributed by atoms with Crippen molar-refractivity contribution in [1.29, 1.82) is 0 Å². The molecule has 0 aliphatic heterocycles. The molecular weight excluding hydrogens is 244 g/mol. The largest absolute Gasteiger partial charge is 0.506 e. The van der Waals surface area contributed by atoms with Crippen LogP contribution in [0.4, 0.5) is 5.69 Å². The maximum absolute atomic E-state index is 12.3. The number of nitrogens with two attached hydrogens (primary N) is 1. The Balaban J connectivity index is 2.15. The van der Waals surface area contributed by atoms with Crippen LogP contribution in [0, 0.1) is 0 Å². The third-order valence-electron chi connectivity index (χ3n) is 3.79. The first-order chi connectivity index (χ1) is 9.00. The molecule has 0 spiro atoms. The van der Waals surface area contributed by atoms with E-state index in [0.717, 1.165) is 25.7 Å². The fraction of sp³-hybridized carbons (Fsp3) is 0.500. The minimum atomic E-state index is -0.468. The summed E-state index contributed by atoms with van der Waals surface area (Å²) in [5.74, 6) is -0.301. The molecular formula is C14H20N2O3. The number of anilines is 1. The molecule has 0 saturated heterocycles. The third kappa shape index (κ3) is 2.81. The molecule has 1 aromatic rings. The lowest BCUT2D eigenvalue weighted by molar-refractivity contribution is 0.0268. The zero-order valence-electron chi connectivity index (χ0n) is 11.0. The van der Waals surface area contributed by atoms with Crippen LogP contribution < -0.4 is 5.73 Å². The maximum Gasteiger partial charge on any atom is 0.254 e. The van der Waals surface area contributed by atoms with Crippen molar-refractivity contribution in [3.05, 3.63) is 23.8 Å². The predicted molar refractivity (Wildman–Crippen MR) is 72.9 cm³/mol. The highest BCUT2D eigenvalue weighted by atomic mass is 16.3. The number of aliphatic hydroxyl groups is 1. The van der Waals surface area contributed by atoms with E-state index in [-0.39, 0.29) is 23.4 Å². The second-order valence-electron chi connectivity index (χ2n) is 5.11. The van der Waals surface area contributed by atoms with Gasteiger partial charge < -0.3 is 20.8 Å². The Kier molecular flexibility index (Phi) is 3.95. The average molecular weight is 264 g/mol. The molecule has 104 valence electrons. The van der Waals surface area contributed by atoms with Crippen LogP contribution >= 0.6 is 0 Å². The molecule has 1 aliphatic rings. The second kappa shape index (κ2) is 5.48. The smallest absolute Gasteiger partial charge is 0.254 e. The Bertz CT molecular complexity index is 476. The van der Waals surface area contributed by atoms with E-state index in [2.05, 4.69) is 0 Å². The van der Waals surface area contributed by atoms with E-state index in [1.54, 1.807) is 18.0 Å². The van der Waals surface area contributed by atoms with Crippen LogP contribution in [0.3, 0.4) is 0 Å². The summed E-state index contributed by atoms with van der Waals surface area (Å²) >= 11 is 0. The molecule has 1 fully saturated rings. The Labute approximate surface area is 112 Å². The summed E-state index contributed by atoms with van der Waals surface area (Å²) < 4.78 is 0. The van der Waals surface area contributed by atoms with Gasteiger partial charge in [-0.15, -0.1) is 0 Å². The lowest BCUT2D eigenvalue weighted by Crippen LogP contribution is -2.46. The van der Waals surface area contributed by atoms with Crippen LogP contribution in [0.15, 0.2) is 18.2 Å². The van der Waals surface area contributed by atoms with Crippen molar-refractivity contribution in [2.45, 2.75) is 37.8 Å². The molecule has 0 bridgehead atoms. The number of nitrogen functional groups attached to an aromatic ring is 1. The zero-order valence-corrected chi connectivity index (χ0v) is 11.0. The van der Waals surface area contributed by atoms with Crippen LogP contribution in [-0.2, 0) is 0 Å². The molecule has 0 aromatic heterocycles. The van der Waals surface area contributed by atoms with Gasteiger partial charge in [-0.3, -0.25) is 4.79 Å². The Morgan fingerprint density at radius 3 is 2.68 bits per heavy atom. The fourth-order valence-electron chi connectivity index (χ4n) is 2.57. The van der Waals surface area contributed by atoms with Crippen LogP contribution in [0.2, 0.25) is 0 Å². The number of hydrogen-bond donors (Lipinski definition) is 3. The van der Waals surface area contributed by atoms with E-state index in [4.69, 9.17) is 5.73 Å². The van der Waals surface area contributed by atoms with E-state index in [1.165, 1.54) is 12.1 Å². The van der Waals surface area contributed by atoms with Gasteiger partial charge >= 0.3 is 0 Å². The van der Waals surface area contributed by atoms with Gasteiger partial charge in [0.1, 0.15) is 5.75 Å². The highest BCUT2D eigenvalue weighted by Gasteiger charge is 2.29. The number of benzene rings is 1. The summed E-state index contributed by atoms with van der Waals surface area (Å²) in [5, 5.41) is 19.5. The Morgan fingerprint density at radius 2 is 2.05 bits per heavy atom. The summed E-state index contributed by atoms with van der Waals surface area (Å²) in [6, 6.07) is 4.31. The second-order valence-corrected chi connectivity index (χ2v) is 5.11. The summed E-state index contributed by atoms with van der Waals surface area (Å²) in [5.41, 5.74) is 6.14. The highest BCUT2D eigenvalue weighted by molar-refractivity contribution is 5.95. The van der Waals surface area contributed by atoms with Gasteiger partial charge in [0, 0.05) is 12.6 Å². The van der Waals surface area contributed by atoms with Gasteiger partial charge in [0.2, 0.25) is 0 Å². The van der Waals surface area contributed by atoms with Crippen LogP contribution in [0.25, 0.3) is 0 Å². The average Bonchev–Trinajstić information content (AvgIpc) is 2.41. The Hall–Kier alpha value is -1.75. The highest BCUT2D eigenvalue weighted by Crippen LogP contribution is 2.25. The molecule has 2 rings (SSSR count). The molecule has 4 N–H and O–H groups in total. The van der Waals surface area contributed by atoms with E-state index in [9.17, 15) is 15.0 Å². The van der Waals surface area contributed by atoms with E-state index in [0.29, 0.717) is 5.56 Å². The summed E-state index contributed by atoms with van der Waals surface area (Å²) in [4.78, 5) is 13.9. The quantitative estimate of drug-likeness (QED) is 0.556. The zero-order chi connectivity index (χ0) is 14.0. The number of aliphatic hydroxyl groups excluding tert-OH is 1. The first kappa shape index (κ1) is 13.7. The van der Waals surface area contributed by atoms with Crippen molar-refractivity contribution in [2.75, 3.05) is 12.8 Å². The van der Waals surface area contributed by atoms with E-state index < -0.39 is 6.10 Å². The molecule has 1 amide bonds. The number of phenols is 1.